The van der Waals surface area contributed by atoms with Gasteiger partial charge in [-0.1, -0.05) is 0 Å². The molecule has 1 fully saturated rings. The first-order valence-corrected chi connectivity index (χ1v) is 7.54. The van der Waals surface area contributed by atoms with E-state index in [1.165, 1.54) is 6.07 Å². The van der Waals surface area contributed by atoms with Gasteiger partial charge in [-0.05, 0) is 37.1 Å². The lowest BCUT2D eigenvalue weighted by Gasteiger charge is -2.19. The number of ether oxygens (including phenoxy) is 1. The summed E-state index contributed by atoms with van der Waals surface area (Å²) in [6.45, 7) is 1.28. The van der Waals surface area contributed by atoms with Gasteiger partial charge in [0.25, 0.3) is 0 Å². The first kappa shape index (κ1) is 17.4. The third kappa shape index (κ3) is 3.67. The highest BCUT2D eigenvalue weighted by Crippen LogP contribution is 2.36. The molecular formula is C17H13F6NO. The highest BCUT2D eigenvalue weighted by molar-refractivity contribution is 5.53. The van der Waals surface area contributed by atoms with Crippen molar-refractivity contribution in [1.29, 1.82) is 0 Å². The van der Waals surface area contributed by atoms with E-state index in [1.54, 1.807) is 4.90 Å². The van der Waals surface area contributed by atoms with Crippen LogP contribution in [-0.2, 0) is 6.18 Å². The maximum absolute atomic E-state index is 13.9. The molecule has 8 heteroatoms. The van der Waals surface area contributed by atoms with E-state index in [0.717, 1.165) is 25.0 Å². The Kier molecular flexibility index (Phi) is 4.53. The van der Waals surface area contributed by atoms with Gasteiger partial charge in [0.05, 0.1) is 11.3 Å². The molecule has 0 aromatic heterocycles. The molecule has 1 aliphatic rings. The van der Waals surface area contributed by atoms with Crippen LogP contribution in [0.4, 0.5) is 32.0 Å². The molecule has 3 rings (SSSR count). The van der Waals surface area contributed by atoms with Gasteiger partial charge in [0.15, 0.2) is 17.4 Å². The molecule has 2 aromatic rings. The zero-order valence-electron chi connectivity index (χ0n) is 12.8. The van der Waals surface area contributed by atoms with E-state index < -0.39 is 34.9 Å². The molecule has 0 N–H and O–H groups in total. The van der Waals surface area contributed by atoms with Crippen LogP contribution in [0.5, 0.6) is 11.5 Å². The van der Waals surface area contributed by atoms with Gasteiger partial charge in [0, 0.05) is 19.2 Å². The Morgan fingerprint density at radius 1 is 0.840 bits per heavy atom. The molecule has 0 saturated carbocycles. The Hall–Kier alpha value is -2.38. The van der Waals surface area contributed by atoms with Gasteiger partial charge >= 0.3 is 6.18 Å². The molecule has 0 spiro atoms. The van der Waals surface area contributed by atoms with E-state index >= 15 is 0 Å². The van der Waals surface area contributed by atoms with E-state index in [2.05, 4.69) is 0 Å². The zero-order chi connectivity index (χ0) is 18.2. The standard InChI is InChI=1S/C17H13F6NO/c18-12-4-3-11(9-15(12)24-5-1-2-6-24)25-16-13(19)7-10(8-14(16)20)17(21,22)23/h3-4,7-9H,1-2,5-6H2. The van der Waals surface area contributed by atoms with Crippen LogP contribution in [0.3, 0.4) is 0 Å². The Labute approximate surface area is 139 Å². The first-order valence-electron chi connectivity index (χ1n) is 7.54. The highest BCUT2D eigenvalue weighted by Gasteiger charge is 2.33. The van der Waals surface area contributed by atoms with Crippen molar-refractivity contribution in [3.8, 4) is 11.5 Å². The summed E-state index contributed by atoms with van der Waals surface area (Å²) < 4.78 is 84.4. The fourth-order valence-electron chi connectivity index (χ4n) is 2.70. The van der Waals surface area contributed by atoms with Crippen molar-refractivity contribution in [2.75, 3.05) is 18.0 Å². The van der Waals surface area contributed by atoms with Crippen molar-refractivity contribution in [3.63, 3.8) is 0 Å². The van der Waals surface area contributed by atoms with Gasteiger partial charge in [-0.25, -0.2) is 13.2 Å². The Morgan fingerprint density at radius 2 is 1.44 bits per heavy atom. The predicted molar refractivity (Wildman–Crippen MR) is 79.3 cm³/mol. The predicted octanol–water partition coefficient (Wildman–Crippen LogP) is 5.52. The minimum Gasteiger partial charge on any atom is -0.451 e. The van der Waals surface area contributed by atoms with E-state index in [4.69, 9.17) is 4.74 Å². The van der Waals surface area contributed by atoms with Gasteiger partial charge < -0.3 is 9.64 Å². The van der Waals surface area contributed by atoms with E-state index in [-0.39, 0.29) is 23.6 Å². The molecule has 0 atom stereocenters. The summed E-state index contributed by atoms with van der Waals surface area (Å²) in [6, 6.07) is 3.83. The summed E-state index contributed by atoms with van der Waals surface area (Å²) in [7, 11) is 0. The van der Waals surface area contributed by atoms with Crippen LogP contribution in [-0.4, -0.2) is 13.1 Å². The molecule has 2 nitrogen and oxygen atoms in total. The second-order valence-electron chi connectivity index (χ2n) is 5.68. The van der Waals surface area contributed by atoms with E-state index in [9.17, 15) is 26.3 Å². The summed E-state index contributed by atoms with van der Waals surface area (Å²) in [4.78, 5) is 1.77. The van der Waals surface area contributed by atoms with Crippen molar-refractivity contribution in [2.24, 2.45) is 0 Å². The van der Waals surface area contributed by atoms with Gasteiger partial charge in [-0.3, -0.25) is 0 Å². The minimum atomic E-state index is -4.88. The van der Waals surface area contributed by atoms with Crippen molar-refractivity contribution in [1.82, 2.24) is 0 Å². The van der Waals surface area contributed by atoms with Crippen LogP contribution in [0.1, 0.15) is 18.4 Å². The number of rotatable bonds is 3. The van der Waals surface area contributed by atoms with Gasteiger partial charge in [0.2, 0.25) is 0 Å². The van der Waals surface area contributed by atoms with E-state index in [1.807, 2.05) is 0 Å². The van der Waals surface area contributed by atoms with Crippen molar-refractivity contribution in [3.05, 3.63) is 53.3 Å². The first-order chi connectivity index (χ1) is 11.8. The summed E-state index contributed by atoms with van der Waals surface area (Å²) in [5.74, 6) is -4.52. The highest BCUT2D eigenvalue weighted by atomic mass is 19.4. The van der Waals surface area contributed by atoms with Crippen molar-refractivity contribution < 1.29 is 31.1 Å². The number of nitrogens with zero attached hydrogens (tertiary/aromatic N) is 1. The smallest absolute Gasteiger partial charge is 0.416 e. The third-order valence-electron chi connectivity index (χ3n) is 3.91. The fraction of sp³-hybridized carbons (Fsp3) is 0.294. The Bertz CT molecular complexity index is 760. The topological polar surface area (TPSA) is 12.5 Å². The van der Waals surface area contributed by atoms with Crippen LogP contribution in [0, 0.1) is 17.5 Å². The fourth-order valence-corrected chi connectivity index (χ4v) is 2.70. The zero-order valence-corrected chi connectivity index (χ0v) is 12.8. The SMILES string of the molecule is Fc1ccc(Oc2c(F)cc(C(F)(F)F)cc2F)cc1N1CCCC1. The molecular weight excluding hydrogens is 348 g/mol. The third-order valence-corrected chi connectivity index (χ3v) is 3.91. The summed E-state index contributed by atoms with van der Waals surface area (Å²) in [5.41, 5.74) is -1.23. The summed E-state index contributed by atoms with van der Waals surface area (Å²) in [5, 5.41) is 0. The summed E-state index contributed by atoms with van der Waals surface area (Å²) >= 11 is 0. The van der Waals surface area contributed by atoms with Crippen LogP contribution < -0.4 is 9.64 Å². The molecule has 0 unspecified atom stereocenters. The largest absolute Gasteiger partial charge is 0.451 e. The lowest BCUT2D eigenvalue weighted by molar-refractivity contribution is -0.138. The van der Waals surface area contributed by atoms with Crippen LogP contribution in [0.2, 0.25) is 0 Å². The second kappa shape index (κ2) is 6.50. The van der Waals surface area contributed by atoms with Crippen LogP contribution in [0.25, 0.3) is 0 Å². The number of halogens is 6. The molecule has 1 heterocycles. The molecule has 0 bridgehead atoms. The molecule has 0 radical (unpaired) electrons. The van der Waals surface area contributed by atoms with Crippen LogP contribution in [0.15, 0.2) is 30.3 Å². The molecule has 2 aromatic carbocycles. The lowest BCUT2D eigenvalue weighted by atomic mass is 10.2. The number of anilines is 1. The summed E-state index contributed by atoms with van der Waals surface area (Å²) in [6.07, 6.45) is -3.08. The number of hydrogen-bond donors (Lipinski definition) is 0. The van der Waals surface area contributed by atoms with Crippen LogP contribution >= 0.6 is 0 Å². The molecule has 1 saturated heterocycles. The van der Waals surface area contributed by atoms with Crippen molar-refractivity contribution >= 4 is 5.69 Å². The molecule has 1 aliphatic heterocycles. The molecule has 25 heavy (non-hydrogen) atoms. The quantitative estimate of drug-likeness (QED) is 0.668. The van der Waals surface area contributed by atoms with Gasteiger partial charge in [0.1, 0.15) is 11.6 Å². The maximum Gasteiger partial charge on any atom is 0.416 e. The average Bonchev–Trinajstić information content (AvgIpc) is 3.05. The molecule has 0 amide bonds. The number of hydrogen-bond acceptors (Lipinski definition) is 2. The number of benzene rings is 2. The van der Waals surface area contributed by atoms with Gasteiger partial charge in [-0.2, -0.15) is 13.2 Å². The Balaban J connectivity index is 1.91. The normalized spacial score (nSPS) is 14.9. The van der Waals surface area contributed by atoms with Crippen molar-refractivity contribution in [2.45, 2.75) is 19.0 Å². The average molecular weight is 361 g/mol. The van der Waals surface area contributed by atoms with E-state index in [0.29, 0.717) is 13.1 Å². The Morgan fingerprint density at radius 3 is 2.00 bits per heavy atom. The molecule has 134 valence electrons. The number of alkyl halides is 3. The second-order valence-corrected chi connectivity index (χ2v) is 5.68. The van der Waals surface area contributed by atoms with Gasteiger partial charge in [-0.15, -0.1) is 0 Å². The minimum absolute atomic E-state index is 0.0686. The lowest BCUT2D eigenvalue weighted by Crippen LogP contribution is -2.18. The molecule has 0 aliphatic carbocycles. The monoisotopic (exact) mass is 361 g/mol. The maximum atomic E-state index is 13.9.